The summed E-state index contributed by atoms with van der Waals surface area (Å²) in [4.78, 5) is 19.4. The average molecular weight is 414 g/mol. The molecule has 0 spiro atoms. The number of hydrogen-bond acceptors (Lipinski definition) is 5. The van der Waals surface area contributed by atoms with Crippen molar-refractivity contribution < 1.29 is 4.79 Å². The summed E-state index contributed by atoms with van der Waals surface area (Å²) in [5.74, 6) is -0.323. The third-order valence-electron chi connectivity index (χ3n) is 5.08. The molecule has 1 aliphatic rings. The number of benzene rings is 2. The second-order valence-corrected chi connectivity index (χ2v) is 8.13. The molecule has 30 heavy (non-hydrogen) atoms. The Morgan fingerprint density at radius 2 is 1.87 bits per heavy atom. The second-order valence-electron chi connectivity index (χ2n) is 7.05. The standard InChI is InChI=1S/C23H19N5OS/c1-14(26-27-23(29)22-15(2)28-12-6-5-9-21(28)25-22)16-10-11-20-18(13-16)24-17-7-3-4-8-19(17)30-20/h3-13,24H,1-2H3,(H,27,29). The Labute approximate surface area is 178 Å². The summed E-state index contributed by atoms with van der Waals surface area (Å²) in [7, 11) is 0. The molecule has 0 radical (unpaired) electrons. The first-order valence-electron chi connectivity index (χ1n) is 9.57. The van der Waals surface area contributed by atoms with Gasteiger partial charge in [-0.05, 0) is 55.8 Å². The van der Waals surface area contributed by atoms with Crippen LogP contribution in [-0.2, 0) is 0 Å². The molecule has 3 heterocycles. The molecule has 0 aliphatic carbocycles. The van der Waals surface area contributed by atoms with E-state index in [4.69, 9.17) is 0 Å². The van der Waals surface area contributed by atoms with E-state index in [0.29, 0.717) is 5.69 Å². The highest BCUT2D eigenvalue weighted by Gasteiger charge is 2.17. The van der Waals surface area contributed by atoms with Crippen molar-refractivity contribution >= 4 is 40.4 Å². The smallest absolute Gasteiger partial charge is 0.291 e. The Balaban J connectivity index is 1.36. The molecule has 6 nitrogen and oxygen atoms in total. The van der Waals surface area contributed by atoms with E-state index >= 15 is 0 Å². The van der Waals surface area contributed by atoms with E-state index in [1.54, 1.807) is 11.8 Å². The Kier molecular flexibility index (Phi) is 4.52. The zero-order valence-corrected chi connectivity index (χ0v) is 17.3. The molecule has 0 atom stereocenters. The van der Waals surface area contributed by atoms with Crippen molar-refractivity contribution in [2.75, 3.05) is 5.32 Å². The van der Waals surface area contributed by atoms with Gasteiger partial charge in [-0.1, -0.05) is 36.0 Å². The van der Waals surface area contributed by atoms with Gasteiger partial charge in [-0.15, -0.1) is 0 Å². The van der Waals surface area contributed by atoms with Crippen LogP contribution < -0.4 is 10.7 Å². The van der Waals surface area contributed by atoms with Gasteiger partial charge in [0.2, 0.25) is 0 Å². The minimum absolute atomic E-state index is 0.323. The van der Waals surface area contributed by atoms with Gasteiger partial charge in [0.25, 0.3) is 5.91 Å². The number of pyridine rings is 1. The van der Waals surface area contributed by atoms with Crippen LogP contribution in [0, 0.1) is 6.92 Å². The first kappa shape index (κ1) is 18.4. The molecule has 7 heteroatoms. The van der Waals surface area contributed by atoms with Crippen molar-refractivity contribution in [1.82, 2.24) is 14.8 Å². The highest BCUT2D eigenvalue weighted by molar-refractivity contribution is 7.99. The van der Waals surface area contributed by atoms with E-state index < -0.39 is 0 Å². The number of rotatable bonds is 3. The number of hydrazone groups is 1. The van der Waals surface area contributed by atoms with Crippen LogP contribution in [0.2, 0.25) is 0 Å². The number of nitrogens with zero attached hydrogens (tertiary/aromatic N) is 3. The normalized spacial score (nSPS) is 12.8. The molecule has 1 aliphatic heterocycles. The van der Waals surface area contributed by atoms with Gasteiger partial charge >= 0.3 is 0 Å². The molecule has 0 saturated carbocycles. The number of imidazole rings is 1. The first-order chi connectivity index (χ1) is 14.6. The van der Waals surface area contributed by atoms with Crippen LogP contribution in [0.5, 0.6) is 0 Å². The highest BCUT2D eigenvalue weighted by Crippen LogP contribution is 2.44. The minimum Gasteiger partial charge on any atom is -0.354 e. The fourth-order valence-electron chi connectivity index (χ4n) is 3.45. The number of carbonyl (C=O) groups excluding carboxylic acids is 1. The van der Waals surface area contributed by atoms with E-state index in [2.05, 4.69) is 45.1 Å². The summed E-state index contributed by atoms with van der Waals surface area (Å²) < 4.78 is 1.89. The predicted octanol–water partition coefficient (Wildman–Crippen LogP) is 5.00. The van der Waals surface area contributed by atoms with E-state index in [1.165, 1.54) is 4.90 Å². The van der Waals surface area contributed by atoms with Crippen molar-refractivity contribution in [3.8, 4) is 0 Å². The minimum atomic E-state index is -0.323. The lowest BCUT2D eigenvalue weighted by Gasteiger charge is -2.21. The number of aryl methyl sites for hydroxylation is 1. The molecular formula is C23H19N5OS. The third kappa shape index (κ3) is 3.23. The summed E-state index contributed by atoms with van der Waals surface area (Å²) >= 11 is 1.74. The predicted molar refractivity (Wildman–Crippen MR) is 120 cm³/mol. The van der Waals surface area contributed by atoms with Gasteiger partial charge in [-0.3, -0.25) is 4.79 Å². The zero-order valence-electron chi connectivity index (χ0n) is 16.5. The third-order valence-corrected chi connectivity index (χ3v) is 6.23. The van der Waals surface area contributed by atoms with Gasteiger partial charge in [-0.25, -0.2) is 10.4 Å². The molecule has 5 rings (SSSR count). The van der Waals surface area contributed by atoms with E-state index in [-0.39, 0.29) is 5.91 Å². The molecule has 148 valence electrons. The highest BCUT2D eigenvalue weighted by atomic mass is 32.2. The van der Waals surface area contributed by atoms with Crippen molar-refractivity contribution in [3.05, 3.63) is 83.8 Å². The summed E-state index contributed by atoms with van der Waals surface area (Å²) in [5, 5.41) is 7.78. The lowest BCUT2D eigenvalue weighted by Crippen LogP contribution is -2.20. The van der Waals surface area contributed by atoms with Gasteiger partial charge < -0.3 is 9.72 Å². The maximum Gasteiger partial charge on any atom is 0.291 e. The maximum absolute atomic E-state index is 12.6. The Morgan fingerprint density at radius 3 is 2.73 bits per heavy atom. The maximum atomic E-state index is 12.6. The van der Waals surface area contributed by atoms with Crippen molar-refractivity contribution in [2.24, 2.45) is 5.10 Å². The fraction of sp³-hybridized carbons (Fsp3) is 0.0870. The monoisotopic (exact) mass is 413 g/mol. The Morgan fingerprint density at radius 1 is 1.07 bits per heavy atom. The molecule has 0 fully saturated rings. The Bertz CT molecular complexity index is 1320. The van der Waals surface area contributed by atoms with Gasteiger partial charge in [-0.2, -0.15) is 5.10 Å². The molecule has 2 N–H and O–H groups in total. The van der Waals surface area contributed by atoms with Gasteiger partial charge in [0.15, 0.2) is 5.69 Å². The molecule has 1 amide bonds. The largest absolute Gasteiger partial charge is 0.354 e. The number of amides is 1. The summed E-state index contributed by atoms with van der Waals surface area (Å²) in [6, 6.07) is 20.0. The number of carbonyl (C=O) groups is 1. The first-order valence-corrected chi connectivity index (χ1v) is 10.4. The number of nitrogens with one attached hydrogen (secondary N) is 2. The number of fused-ring (bicyclic) bond motifs is 3. The molecule has 2 aromatic carbocycles. The van der Waals surface area contributed by atoms with E-state index in [0.717, 1.165) is 38.9 Å². The summed E-state index contributed by atoms with van der Waals surface area (Å²) in [6.07, 6.45) is 1.89. The number of anilines is 2. The summed E-state index contributed by atoms with van der Waals surface area (Å²) in [6.45, 7) is 3.75. The quantitative estimate of drug-likeness (QED) is 0.322. The van der Waals surface area contributed by atoms with Gasteiger partial charge in [0.1, 0.15) is 5.65 Å². The number of hydrogen-bond donors (Lipinski definition) is 2. The topological polar surface area (TPSA) is 70.8 Å². The van der Waals surface area contributed by atoms with Crippen LogP contribution in [0.1, 0.15) is 28.7 Å². The van der Waals surface area contributed by atoms with Crippen molar-refractivity contribution in [3.63, 3.8) is 0 Å². The zero-order chi connectivity index (χ0) is 20.7. The molecule has 2 aromatic heterocycles. The van der Waals surface area contributed by atoms with Crippen molar-refractivity contribution in [1.29, 1.82) is 0 Å². The lowest BCUT2D eigenvalue weighted by atomic mass is 10.1. The van der Waals surface area contributed by atoms with Gasteiger partial charge in [0, 0.05) is 16.0 Å². The van der Waals surface area contributed by atoms with Crippen LogP contribution in [0.25, 0.3) is 5.65 Å². The second kappa shape index (κ2) is 7.35. The summed E-state index contributed by atoms with van der Waals surface area (Å²) in [5.41, 5.74) is 8.32. The van der Waals surface area contributed by atoms with Crippen molar-refractivity contribution in [2.45, 2.75) is 23.6 Å². The fourth-order valence-corrected chi connectivity index (χ4v) is 4.42. The number of aromatic nitrogens is 2. The number of para-hydroxylation sites is 1. The molecule has 0 bridgehead atoms. The van der Waals surface area contributed by atoms with Crippen LogP contribution in [-0.4, -0.2) is 21.0 Å². The molecule has 4 aromatic rings. The SMILES string of the molecule is CC(=NNC(=O)c1nc2ccccn2c1C)c1ccc2c(c1)Nc1ccccc1S2. The van der Waals surface area contributed by atoms with Crippen LogP contribution >= 0.6 is 11.8 Å². The van der Waals surface area contributed by atoms with E-state index in [1.807, 2.05) is 60.8 Å². The van der Waals surface area contributed by atoms with Gasteiger partial charge in [0.05, 0.1) is 22.8 Å². The molecule has 0 saturated heterocycles. The van der Waals surface area contributed by atoms with E-state index in [9.17, 15) is 4.79 Å². The molecular weight excluding hydrogens is 394 g/mol. The average Bonchev–Trinajstić information content (AvgIpc) is 3.12. The van der Waals surface area contributed by atoms with Crippen LogP contribution in [0.15, 0.2) is 81.8 Å². The Hall–Kier alpha value is -3.58. The van der Waals surface area contributed by atoms with Crippen LogP contribution in [0.4, 0.5) is 11.4 Å². The molecule has 0 unspecified atom stereocenters. The van der Waals surface area contributed by atoms with Crippen LogP contribution in [0.3, 0.4) is 0 Å². The lowest BCUT2D eigenvalue weighted by molar-refractivity contribution is 0.0950.